The molecular formula is C17H23N3O2S. The van der Waals surface area contributed by atoms with Crippen molar-refractivity contribution in [2.24, 2.45) is 0 Å². The Bertz CT molecular complexity index is 587. The summed E-state index contributed by atoms with van der Waals surface area (Å²) >= 11 is 1.51. The zero-order chi connectivity index (χ0) is 16.3. The van der Waals surface area contributed by atoms with Crippen molar-refractivity contribution in [1.82, 2.24) is 15.3 Å². The number of carbonyl (C=O) groups excluding carboxylic acids is 1. The molecule has 1 N–H and O–H groups in total. The number of nitrogens with one attached hydrogen (secondary N) is 1. The van der Waals surface area contributed by atoms with Crippen molar-refractivity contribution in [3.05, 3.63) is 35.5 Å². The van der Waals surface area contributed by atoms with Crippen LogP contribution in [0.1, 0.15) is 31.9 Å². The van der Waals surface area contributed by atoms with Gasteiger partial charge in [0.2, 0.25) is 5.91 Å². The van der Waals surface area contributed by atoms with Gasteiger partial charge in [0, 0.05) is 31.3 Å². The van der Waals surface area contributed by atoms with Crippen molar-refractivity contribution in [1.29, 1.82) is 0 Å². The van der Waals surface area contributed by atoms with Gasteiger partial charge in [0.05, 0.1) is 17.8 Å². The van der Waals surface area contributed by atoms with E-state index >= 15 is 0 Å². The number of thiazole rings is 1. The molecule has 0 aliphatic rings. The van der Waals surface area contributed by atoms with E-state index in [0.717, 1.165) is 42.3 Å². The van der Waals surface area contributed by atoms with Gasteiger partial charge in [-0.2, -0.15) is 0 Å². The molecule has 23 heavy (non-hydrogen) atoms. The van der Waals surface area contributed by atoms with Gasteiger partial charge in [-0.25, -0.2) is 4.98 Å². The molecule has 0 unspecified atom stereocenters. The molecule has 0 atom stereocenters. The van der Waals surface area contributed by atoms with Crippen LogP contribution in [-0.2, 0) is 16.0 Å². The zero-order valence-corrected chi connectivity index (χ0v) is 14.3. The lowest BCUT2D eigenvalue weighted by Crippen LogP contribution is -2.27. The third-order valence-electron chi connectivity index (χ3n) is 3.21. The van der Waals surface area contributed by atoms with Gasteiger partial charge >= 0.3 is 0 Å². The van der Waals surface area contributed by atoms with E-state index in [0.29, 0.717) is 19.6 Å². The molecule has 2 rings (SSSR count). The third kappa shape index (κ3) is 6.46. The summed E-state index contributed by atoms with van der Waals surface area (Å²) in [5, 5.41) is 5.66. The lowest BCUT2D eigenvalue weighted by atomic mass is 10.3. The predicted molar refractivity (Wildman–Crippen MR) is 92.4 cm³/mol. The minimum Gasteiger partial charge on any atom is -0.381 e. The van der Waals surface area contributed by atoms with Crippen molar-refractivity contribution in [2.45, 2.75) is 32.6 Å². The highest BCUT2D eigenvalue weighted by Gasteiger charge is 2.09. The van der Waals surface area contributed by atoms with Gasteiger partial charge in [-0.1, -0.05) is 19.4 Å². The highest BCUT2D eigenvalue weighted by molar-refractivity contribution is 7.13. The molecule has 0 saturated heterocycles. The van der Waals surface area contributed by atoms with Gasteiger partial charge in [0.25, 0.3) is 0 Å². The average Bonchev–Trinajstić information content (AvgIpc) is 3.03. The highest BCUT2D eigenvalue weighted by atomic mass is 32.1. The molecule has 5 nitrogen and oxygen atoms in total. The summed E-state index contributed by atoms with van der Waals surface area (Å²) in [5.74, 6) is -0.00331. The van der Waals surface area contributed by atoms with Crippen molar-refractivity contribution in [3.63, 3.8) is 0 Å². The summed E-state index contributed by atoms with van der Waals surface area (Å²) < 4.78 is 5.46. The number of rotatable bonds is 10. The predicted octanol–water partition coefficient (Wildman–Crippen LogP) is 3.07. The molecule has 0 aromatic carbocycles. The normalized spacial score (nSPS) is 10.7. The fourth-order valence-electron chi connectivity index (χ4n) is 1.97. The number of unbranched alkanes of at least 4 members (excludes halogenated alkanes) is 1. The fraction of sp³-hybridized carbons (Fsp3) is 0.471. The van der Waals surface area contributed by atoms with Crippen LogP contribution < -0.4 is 5.32 Å². The van der Waals surface area contributed by atoms with E-state index in [1.165, 1.54) is 11.3 Å². The maximum atomic E-state index is 11.9. The first-order valence-electron chi connectivity index (χ1n) is 8.00. The van der Waals surface area contributed by atoms with Gasteiger partial charge < -0.3 is 10.1 Å². The van der Waals surface area contributed by atoms with Crippen LogP contribution in [0.5, 0.6) is 0 Å². The summed E-state index contributed by atoms with van der Waals surface area (Å²) in [6, 6.07) is 5.72. The number of ether oxygens (including phenoxy) is 1. The van der Waals surface area contributed by atoms with E-state index < -0.39 is 0 Å². The third-order valence-corrected chi connectivity index (χ3v) is 4.12. The molecule has 1 amide bonds. The van der Waals surface area contributed by atoms with Gasteiger partial charge in [-0.15, -0.1) is 11.3 Å². The monoisotopic (exact) mass is 333 g/mol. The maximum absolute atomic E-state index is 11.9. The van der Waals surface area contributed by atoms with Crippen LogP contribution >= 0.6 is 11.3 Å². The Balaban J connectivity index is 1.67. The number of hydrogen-bond acceptors (Lipinski definition) is 5. The number of amides is 1. The van der Waals surface area contributed by atoms with E-state index in [4.69, 9.17) is 4.74 Å². The quantitative estimate of drug-likeness (QED) is 0.679. The minimum atomic E-state index is -0.00331. The Morgan fingerprint density at radius 3 is 2.96 bits per heavy atom. The molecule has 0 saturated carbocycles. The van der Waals surface area contributed by atoms with Gasteiger partial charge in [0.1, 0.15) is 5.01 Å². The second-order valence-electron chi connectivity index (χ2n) is 5.21. The summed E-state index contributed by atoms with van der Waals surface area (Å²) in [5.41, 5.74) is 1.63. The Kier molecular flexibility index (Phi) is 7.69. The van der Waals surface area contributed by atoms with Crippen LogP contribution in [0.15, 0.2) is 29.8 Å². The standard InChI is InChI=1S/C17H23N3O2S/c1-2-3-10-22-11-6-9-19-16(21)12-14-13-23-17(20-14)15-7-4-5-8-18-15/h4-5,7-8,13H,2-3,6,9-12H2,1H3,(H,19,21). The van der Waals surface area contributed by atoms with Crippen molar-refractivity contribution >= 4 is 17.2 Å². The Labute approximate surface area is 141 Å². The lowest BCUT2D eigenvalue weighted by molar-refractivity contribution is -0.120. The topological polar surface area (TPSA) is 64.1 Å². The Morgan fingerprint density at radius 1 is 1.30 bits per heavy atom. The Morgan fingerprint density at radius 2 is 2.17 bits per heavy atom. The minimum absolute atomic E-state index is 0.00331. The molecule has 0 fully saturated rings. The van der Waals surface area contributed by atoms with Crippen LogP contribution in [0.4, 0.5) is 0 Å². The molecule has 0 radical (unpaired) electrons. The van der Waals surface area contributed by atoms with Crippen LogP contribution in [0.2, 0.25) is 0 Å². The van der Waals surface area contributed by atoms with Crippen LogP contribution in [0, 0.1) is 0 Å². The average molecular weight is 333 g/mol. The molecule has 6 heteroatoms. The molecule has 2 aromatic heterocycles. The van der Waals surface area contributed by atoms with Gasteiger partial charge in [-0.05, 0) is 25.0 Å². The summed E-state index contributed by atoms with van der Waals surface area (Å²) in [6.45, 7) is 4.28. The van der Waals surface area contributed by atoms with Crippen molar-refractivity contribution < 1.29 is 9.53 Å². The first-order valence-corrected chi connectivity index (χ1v) is 8.88. The molecule has 124 valence electrons. The molecule has 0 spiro atoms. The Hall–Kier alpha value is -1.79. The second kappa shape index (κ2) is 10.1. The van der Waals surface area contributed by atoms with Crippen LogP contribution in [0.3, 0.4) is 0 Å². The number of carbonyl (C=O) groups is 1. The number of pyridine rings is 1. The molecule has 0 aliphatic heterocycles. The smallest absolute Gasteiger partial charge is 0.226 e. The lowest BCUT2D eigenvalue weighted by Gasteiger charge is -2.05. The van der Waals surface area contributed by atoms with Crippen LogP contribution in [0.25, 0.3) is 10.7 Å². The zero-order valence-electron chi connectivity index (χ0n) is 13.5. The van der Waals surface area contributed by atoms with E-state index in [-0.39, 0.29) is 5.91 Å². The first-order chi connectivity index (χ1) is 11.3. The van der Waals surface area contributed by atoms with E-state index in [9.17, 15) is 4.79 Å². The van der Waals surface area contributed by atoms with Gasteiger partial charge in [0.15, 0.2) is 0 Å². The van der Waals surface area contributed by atoms with Crippen LogP contribution in [-0.4, -0.2) is 35.6 Å². The molecule has 0 aliphatic carbocycles. The first kappa shape index (κ1) is 17.6. The largest absolute Gasteiger partial charge is 0.381 e. The number of nitrogens with zero attached hydrogens (tertiary/aromatic N) is 2. The molecule has 2 heterocycles. The summed E-state index contributed by atoms with van der Waals surface area (Å²) in [6.07, 6.45) is 5.12. The summed E-state index contributed by atoms with van der Waals surface area (Å²) in [4.78, 5) is 20.6. The fourth-order valence-corrected chi connectivity index (χ4v) is 2.77. The maximum Gasteiger partial charge on any atom is 0.226 e. The molecule has 0 bridgehead atoms. The van der Waals surface area contributed by atoms with Crippen molar-refractivity contribution in [3.8, 4) is 10.7 Å². The molecular weight excluding hydrogens is 310 g/mol. The van der Waals surface area contributed by atoms with Crippen molar-refractivity contribution in [2.75, 3.05) is 19.8 Å². The second-order valence-corrected chi connectivity index (χ2v) is 6.06. The number of aromatic nitrogens is 2. The highest BCUT2D eigenvalue weighted by Crippen LogP contribution is 2.21. The van der Waals surface area contributed by atoms with Gasteiger partial charge in [-0.3, -0.25) is 9.78 Å². The summed E-state index contributed by atoms with van der Waals surface area (Å²) in [7, 11) is 0. The van der Waals surface area contributed by atoms with E-state index in [1.807, 2.05) is 23.6 Å². The van der Waals surface area contributed by atoms with E-state index in [1.54, 1.807) is 6.20 Å². The van der Waals surface area contributed by atoms with E-state index in [2.05, 4.69) is 22.2 Å². The SMILES string of the molecule is CCCCOCCCNC(=O)Cc1csc(-c2ccccn2)n1. The number of hydrogen-bond donors (Lipinski definition) is 1. The molecule has 2 aromatic rings.